The van der Waals surface area contributed by atoms with E-state index in [4.69, 9.17) is 13.0 Å². The lowest BCUT2D eigenvalue weighted by Gasteiger charge is -2.23. The summed E-state index contributed by atoms with van der Waals surface area (Å²) in [6.45, 7) is 0. The van der Waals surface area contributed by atoms with Crippen LogP contribution in [0.15, 0.2) is 158 Å². The van der Waals surface area contributed by atoms with Crippen molar-refractivity contribution in [2.75, 3.05) is 0 Å². The van der Waals surface area contributed by atoms with Crippen LogP contribution in [-0.4, -0.2) is 0 Å². The highest BCUT2D eigenvalue weighted by Gasteiger charge is 2.23. The van der Waals surface area contributed by atoms with Gasteiger partial charge in [0, 0.05) is 10.9 Å². The summed E-state index contributed by atoms with van der Waals surface area (Å²) in [5, 5.41) is 6.36. The Morgan fingerprint density at radius 3 is 1.94 bits per heavy atom. The quantitative estimate of drug-likeness (QED) is 0.179. The fourth-order valence-electron chi connectivity index (χ4n) is 7.58. The molecule has 0 aliphatic carbocycles. The smallest absolute Gasteiger partial charge is 0.136 e. The summed E-state index contributed by atoms with van der Waals surface area (Å²) in [5.74, 6) is 1.57. The molecule has 0 saturated heterocycles. The maximum atomic E-state index is 9.37. The van der Waals surface area contributed by atoms with E-state index < -0.39 is 24.2 Å². The van der Waals surface area contributed by atoms with Gasteiger partial charge in [-0.05, 0) is 105 Å². The van der Waals surface area contributed by atoms with Crippen LogP contribution in [0.3, 0.4) is 0 Å². The van der Waals surface area contributed by atoms with E-state index in [0.717, 1.165) is 66.1 Å². The van der Waals surface area contributed by atoms with Crippen molar-refractivity contribution in [3.63, 3.8) is 0 Å². The van der Waals surface area contributed by atoms with Gasteiger partial charge >= 0.3 is 0 Å². The second kappa shape index (κ2) is 9.19. The van der Waals surface area contributed by atoms with Crippen LogP contribution in [0.2, 0.25) is 0 Å². The highest BCUT2D eigenvalue weighted by molar-refractivity contribution is 6.26. The molecular formula is C46H26O. The minimum atomic E-state index is -0.492. The molecule has 0 unspecified atom stereocenters. The van der Waals surface area contributed by atoms with Gasteiger partial charge in [0.1, 0.15) is 11.5 Å². The van der Waals surface area contributed by atoms with Crippen LogP contribution in [0.25, 0.3) is 98.0 Å². The lowest BCUT2D eigenvalue weighted by atomic mass is 9.86. The molecule has 11 rings (SSSR count). The first kappa shape index (κ1) is 18.1. The van der Waals surface area contributed by atoms with Crippen molar-refractivity contribution in [3.8, 4) is 44.9 Å². The first-order valence-corrected chi connectivity index (χ1v) is 15.5. The molecule has 10 aromatic rings. The molecule has 1 heterocycles. The Labute approximate surface area is 283 Å². The van der Waals surface area contributed by atoms with E-state index in [1.807, 2.05) is 60.7 Å². The molecule has 0 radical (unpaired) electrons. The predicted octanol–water partition coefficient (Wildman–Crippen LogP) is 13.2. The summed E-state index contributed by atoms with van der Waals surface area (Å²) in [6, 6.07) is 31.1. The summed E-state index contributed by atoms with van der Waals surface area (Å²) in [4.78, 5) is 0. The number of benzene rings is 10. The van der Waals surface area contributed by atoms with Gasteiger partial charge in [-0.25, -0.2) is 0 Å². The van der Waals surface area contributed by atoms with Crippen LogP contribution >= 0.6 is 0 Å². The van der Waals surface area contributed by atoms with Gasteiger partial charge in [-0.3, -0.25) is 0 Å². The fraction of sp³-hybridized carbons (Fsp3) is 0. The second-order valence-electron chi connectivity index (χ2n) is 12.1. The first-order valence-electron chi connectivity index (χ1n) is 20.0. The minimum absolute atomic E-state index is 0.0388. The van der Waals surface area contributed by atoms with Crippen LogP contribution in [-0.2, 0) is 0 Å². The molecule has 0 atom stereocenters. The average Bonchev–Trinajstić information content (AvgIpc) is 3.21. The fourth-order valence-corrected chi connectivity index (χ4v) is 7.58. The van der Waals surface area contributed by atoms with Gasteiger partial charge in [-0.2, -0.15) is 0 Å². The molecule has 0 bridgehead atoms. The van der Waals surface area contributed by atoms with Crippen molar-refractivity contribution in [1.29, 1.82) is 0 Å². The molecule has 0 N–H and O–H groups in total. The lowest BCUT2D eigenvalue weighted by molar-refractivity contribution is 0.488. The average molecular weight is 604 g/mol. The number of hydrogen-bond donors (Lipinski definition) is 0. The van der Waals surface area contributed by atoms with Crippen molar-refractivity contribution in [2.24, 2.45) is 0 Å². The molecule has 0 saturated carbocycles. The van der Waals surface area contributed by atoms with Crippen LogP contribution in [0, 0.1) is 0 Å². The summed E-state index contributed by atoms with van der Waals surface area (Å²) in [6.07, 6.45) is 0. The zero-order valence-electron chi connectivity index (χ0n) is 33.7. The second-order valence-corrected chi connectivity index (χ2v) is 12.1. The van der Waals surface area contributed by atoms with Gasteiger partial charge < -0.3 is 4.74 Å². The van der Waals surface area contributed by atoms with Crippen molar-refractivity contribution in [2.45, 2.75) is 0 Å². The lowest BCUT2D eigenvalue weighted by Crippen LogP contribution is -1.98. The van der Waals surface area contributed by atoms with E-state index in [1.165, 1.54) is 0 Å². The SMILES string of the molecule is [2H]c1c([2H])c2c([2H])c([2H])c3c([2H])c([2H])c(-c4ccc(-c5ccc6c(c5)-c5cccc7c5c(cc5ccccc57)O6)c5ccccc45)c4c([2H])c([2H])c(c1[2H])c2c34. The Kier molecular flexibility index (Phi) is 3.54. The van der Waals surface area contributed by atoms with Gasteiger partial charge in [0.25, 0.3) is 0 Å². The van der Waals surface area contributed by atoms with E-state index in [9.17, 15) is 4.11 Å². The molecule has 10 aromatic carbocycles. The molecule has 216 valence electrons. The van der Waals surface area contributed by atoms with Crippen LogP contribution in [0.1, 0.15) is 12.3 Å². The Balaban J connectivity index is 1.18. The van der Waals surface area contributed by atoms with E-state index in [-0.39, 0.29) is 68.1 Å². The third-order valence-electron chi connectivity index (χ3n) is 9.65. The van der Waals surface area contributed by atoms with Gasteiger partial charge in [0.2, 0.25) is 0 Å². The largest absolute Gasteiger partial charge is 0.456 e. The highest BCUT2D eigenvalue weighted by atomic mass is 16.5. The van der Waals surface area contributed by atoms with Gasteiger partial charge in [-0.15, -0.1) is 0 Å². The molecular weight excluding hydrogens is 569 g/mol. The molecule has 1 aliphatic rings. The molecule has 47 heavy (non-hydrogen) atoms. The molecule has 1 nitrogen and oxygen atoms in total. The van der Waals surface area contributed by atoms with Crippen molar-refractivity contribution < 1.29 is 17.1 Å². The zero-order valence-corrected chi connectivity index (χ0v) is 24.7. The maximum Gasteiger partial charge on any atom is 0.136 e. The topological polar surface area (TPSA) is 9.23 Å². The highest BCUT2D eigenvalue weighted by Crippen LogP contribution is 2.50. The van der Waals surface area contributed by atoms with E-state index >= 15 is 0 Å². The monoisotopic (exact) mass is 603 g/mol. The molecule has 1 aliphatic heterocycles. The standard InChI is InChI=1S/C46H26O/c1-2-10-32-30(7-1)26-43-46-38(32)13-6-14-39(46)41-25-31(19-24-42(41)47-43)33-22-23-36(35-12-4-3-11-34(33)35)37-20-17-29-16-15-27-8-5-9-28-18-21-40(37)45(29)44(27)28/h1-26H/i5D,8D,9D,15D,16D,17D,18D,20D,21D. The van der Waals surface area contributed by atoms with Crippen LogP contribution < -0.4 is 4.74 Å². The predicted molar refractivity (Wildman–Crippen MR) is 199 cm³/mol. The third kappa shape index (κ3) is 3.43. The normalized spacial score (nSPS) is 15.1. The Hall–Kier alpha value is -6.18. The van der Waals surface area contributed by atoms with Crippen LogP contribution in [0.5, 0.6) is 11.5 Å². The van der Waals surface area contributed by atoms with Crippen molar-refractivity contribution >= 4 is 64.6 Å². The van der Waals surface area contributed by atoms with Crippen molar-refractivity contribution in [1.82, 2.24) is 0 Å². The van der Waals surface area contributed by atoms with Crippen molar-refractivity contribution in [3.05, 3.63) is 158 Å². The number of hydrogen-bond acceptors (Lipinski definition) is 1. The third-order valence-corrected chi connectivity index (χ3v) is 9.65. The number of rotatable bonds is 2. The Morgan fingerprint density at radius 1 is 0.362 bits per heavy atom. The molecule has 0 fully saturated rings. The van der Waals surface area contributed by atoms with E-state index in [0.29, 0.717) is 5.56 Å². The Morgan fingerprint density at radius 2 is 1.06 bits per heavy atom. The zero-order chi connectivity index (χ0) is 38.5. The van der Waals surface area contributed by atoms with Gasteiger partial charge in [0.15, 0.2) is 0 Å². The minimum Gasteiger partial charge on any atom is -0.456 e. The van der Waals surface area contributed by atoms with E-state index in [1.54, 1.807) is 0 Å². The number of fused-ring (bicyclic) bond motifs is 5. The summed E-state index contributed by atoms with van der Waals surface area (Å²) < 4.78 is 87.1. The first-order chi connectivity index (χ1) is 27.1. The van der Waals surface area contributed by atoms with Gasteiger partial charge in [0.05, 0.1) is 12.3 Å². The molecule has 0 aromatic heterocycles. The maximum absolute atomic E-state index is 9.37. The molecule has 0 amide bonds. The molecule has 0 spiro atoms. The summed E-state index contributed by atoms with van der Waals surface area (Å²) >= 11 is 0. The van der Waals surface area contributed by atoms with E-state index in [2.05, 4.69) is 42.5 Å². The summed E-state index contributed by atoms with van der Waals surface area (Å²) in [5.41, 5.74) is 4.67. The summed E-state index contributed by atoms with van der Waals surface area (Å²) in [7, 11) is 0. The van der Waals surface area contributed by atoms with Crippen LogP contribution in [0.4, 0.5) is 0 Å². The number of ether oxygens (including phenoxy) is 1. The molecule has 1 heteroatoms. The van der Waals surface area contributed by atoms with Gasteiger partial charge in [-0.1, -0.05) is 139 Å². The Bertz CT molecular complexity index is 3420.